The molecule has 0 fully saturated rings. The Morgan fingerprint density at radius 2 is 0.521 bits per heavy atom. The molecule has 0 amide bonds. The molecule has 0 aliphatic carbocycles. The minimum atomic E-state index is 0.507. The van der Waals surface area contributed by atoms with Crippen LogP contribution in [-0.2, 0) is 0 Å². The highest BCUT2D eigenvalue weighted by molar-refractivity contribution is 6.13. The molecule has 4 heterocycles. The summed E-state index contributed by atoms with van der Waals surface area (Å²) in [6, 6.07) is 113. The Balaban J connectivity index is 0.955. The topological polar surface area (TPSA) is 135 Å². The van der Waals surface area contributed by atoms with Crippen LogP contribution in [0.25, 0.3) is 168 Å². The monoisotopic (exact) mass is 1220 g/mol. The van der Waals surface area contributed by atoms with E-state index in [9.17, 15) is 10.5 Å². The van der Waals surface area contributed by atoms with Crippen molar-refractivity contribution in [2.24, 2.45) is 0 Å². The van der Waals surface area contributed by atoms with Crippen LogP contribution < -0.4 is 0 Å². The molecule has 0 atom stereocenters. The maximum atomic E-state index is 9.71. The molecular weight excluding hydrogens is 1170 g/mol. The molecule has 0 saturated heterocycles. The molecule has 446 valence electrons. The fourth-order valence-corrected chi connectivity index (χ4v) is 13.4. The number of nitrogens with zero attached hydrogens (tertiary/aromatic N) is 10. The van der Waals surface area contributed by atoms with Crippen LogP contribution in [-0.4, -0.2) is 39.0 Å². The van der Waals surface area contributed by atoms with E-state index in [2.05, 4.69) is 167 Å². The molecule has 0 aliphatic heterocycles. The summed E-state index contributed by atoms with van der Waals surface area (Å²) < 4.78 is 4.75. The lowest BCUT2D eigenvalue weighted by atomic mass is 9.91. The first-order valence-corrected chi connectivity index (χ1v) is 31.7. The largest absolute Gasteiger partial charge is 0.309 e. The minimum absolute atomic E-state index is 0.507. The Morgan fingerprint density at radius 3 is 0.885 bits per heavy atom. The lowest BCUT2D eigenvalue weighted by Gasteiger charge is -2.21. The predicted octanol–water partition coefficient (Wildman–Crippen LogP) is 20.7. The van der Waals surface area contributed by atoms with Crippen molar-refractivity contribution in [3.63, 3.8) is 0 Å². The number of fused-ring (bicyclic) bond motifs is 6. The highest BCUT2D eigenvalue weighted by Gasteiger charge is 2.26. The molecule has 0 N–H and O–H groups in total. The van der Waals surface area contributed by atoms with Gasteiger partial charge in [0.25, 0.3) is 0 Å². The van der Waals surface area contributed by atoms with Gasteiger partial charge in [0, 0.05) is 66.1 Å². The van der Waals surface area contributed by atoms with Crippen LogP contribution in [0.3, 0.4) is 0 Å². The van der Waals surface area contributed by atoms with Crippen molar-refractivity contribution in [2.45, 2.75) is 0 Å². The number of rotatable bonds is 12. The van der Waals surface area contributed by atoms with E-state index < -0.39 is 0 Å². The van der Waals surface area contributed by atoms with Gasteiger partial charge in [-0.1, -0.05) is 237 Å². The van der Waals surface area contributed by atoms with Gasteiger partial charge in [-0.25, -0.2) is 29.9 Å². The number of para-hydroxylation sites is 2. The van der Waals surface area contributed by atoms with Crippen molar-refractivity contribution in [1.29, 1.82) is 10.5 Å². The molecule has 0 bridgehead atoms. The van der Waals surface area contributed by atoms with Gasteiger partial charge in [-0.3, -0.25) is 0 Å². The number of benzene rings is 13. The van der Waals surface area contributed by atoms with E-state index in [1.54, 1.807) is 0 Å². The summed E-state index contributed by atoms with van der Waals surface area (Å²) in [5, 5.41) is 23.7. The zero-order valence-electron chi connectivity index (χ0n) is 51.5. The summed E-state index contributed by atoms with van der Waals surface area (Å²) in [4.78, 5) is 32.1. The minimum Gasteiger partial charge on any atom is -0.309 e. The van der Waals surface area contributed by atoms with Crippen molar-refractivity contribution in [3.05, 3.63) is 327 Å². The molecule has 0 saturated carbocycles. The fourth-order valence-electron chi connectivity index (χ4n) is 13.4. The second kappa shape index (κ2) is 23.9. The van der Waals surface area contributed by atoms with Gasteiger partial charge in [0.1, 0.15) is 0 Å². The van der Waals surface area contributed by atoms with Gasteiger partial charge in [0.15, 0.2) is 34.9 Å². The molecule has 4 aromatic heterocycles. The summed E-state index contributed by atoms with van der Waals surface area (Å²) in [6.07, 6.45) is 0. The second-order valence-corrected chi connectivity index (χ2v) is 23.6. The normalized spacial score (nSPS) is 11.3. The van der Waals surface area contributed by atoms with Crippen LogP contribution >= 0.6 is 0 Å². The summed E-state index contributed by atoms with van der Waals surface area (Å²) in [6.45, 7) is 0. The molecule has 0 unspecified atom stereocenters. The maximum Gasteiger partial charge on any atom is 0.164 e. The van der Waals surface area contributed by atoms with Crippen LogP contribution in [0.4, 0.5) is 0 Å². The molecule has 10 heteroatoms. The van der Waals surface area contributed by atoms with E-state index in [0.717, 1.165) is 133 Å². The molecule has 96 heavy (non-hydrogen) atoms. The van der Waals surface area contributed by atoms with Gasteiger partial charge in [-0.15, -0.1) is 0 Å². The second-order valence-electron chi connectivity index (χ2n) is 23.6. The van der Waals surface area contributed by atoms with Crippen LogP contribution in [0.15, 0.2) is 315 Å². The molecule has 17 aromatic rings. The Hall–Kier alpha value is -13.5. The maximum absolute atomic E-state index is 9.71. The van der Waals surface area contributed by atoms with Gasteiger partial charge in [-0.05, 0) is 112 Å². The standard InChI is InChI=1S/C86H52N10/c87-53-55-38-42-57(43-39-55)63-46-48-75-71(51-63)67-30-13-15-34-73(67)95(75)77-36-18-32-69(85-91-81(59-20-5-1-6-21-59)89-82(92-85)60-22-7-2-8-23-60)79(77)65-28-17-29-66(50-65)80-70(86-93-83(61-24-9-3-10-25-61)90-84(94-86)62-26-11-4-12-27-62)33-19-37-78(80)96-74-35-16-14-31-68(74)72-52-64(47-49-76(72)96)58-44-40-56(54-88)41-45-58/h1-52H. The van der Waals surface area contributed by atoms with Crippen LogP contribution in [0, 0.1) is 22.7 Å². The molecule has 17 rings (SSSR count). The first-order valence-electron chi connectivity index (χ1n) is 31.7. The van der Waals surface area contributed by atoms with Gasteiger partial charge in [0.05, 0.1) is 56.7 Å². The summed E-state index contributed by atoms with van der Waals surface area (Å²) in [5.74, 6) is 3.21. The average Bonchev–Trinajstić information content (AvgIpc) is 1.47. The molecule has 0 aliphatic rings. The molecular formula is C86H52N10. The summed E-state index contributed by atoms with van der Waals surface area (Å²) >= 11 is 0. The first kappa shape index (κ1) is 56.4. The molecule has 13 aromatic carbocycles. The van der Waals surface area contributed by atoms with Gasteiger partial charge >= 0.3 is 0 Å². The average molecular weight is 1230 g/mol. The highest BCUT2D eigenvalue weighted by atomic mass is 15.1. The Labute approximate surface area is 553 Å². The molecule has 0 spiro atoms. The third-order valence-electron chi connectivity index (χ3n) is 17.9. The lowest BCUT2D eigenvalue weighted by molar-refractivity contribution is 1.07. The first-order chi connectivity index (χ1) is 47.5. The third-order valence-corrected chi connectivity index (χ3v) is 17.9. The summed E-state index contributed by atoms with van der Waals surface area (Å²) in [5.41, 5.74) is 19.9. The van der Waals surface area contributed by atoms with E-state index in [4.69, 9.17) is 29.9 Å². The van der Waals surface area contributed by atoms with E-state index in [-0.39, 0.29) is 0 Å². The van der Waals surface area contributed by atoms with Gasteiger partial charge in [-0.2, -0.15) is 10.5 Å². The van der Waals surface area contributed by atoms with Gasteiger partial charge < -0.3 is 9.13 Å². The third kappa shape index (κ3) is 10.1. The van der Waals surface area contributed by atoms with Crippen molar-refractivity contribution >= 4 is 43.6 Å². The highest BCUT2D eigenvalue weighted by Crippen LogP contribution is 2.47. The number of hydrogen-bond acceptors (Lipinski definition) is 8. The molecule has 10 nitrogen and oxygen atoms in total. The smallest absolute Gasteiger partial charge is 0.164 e. The van der Waals surface area contributed by atoms with Crippen LogP contribution in [0.1, 0.15) is 11.1 Å². The number of nitriles is 2. The SMILES string of the molecule is N#Cc1ccc(-c2ccc3c(c2)c2ccccc2n3-c2cccc(-c3nc(-c4ccccc4)nc(-c4ccccc4)n3)c2-c2cccc(-c3c(-c4nc(-c5ccccc5)nc(-c5ccccc5)n4)cccc3-n3c4ccccc4c4cc(-c5ccc(C#N)cc5)ccc43)c2)cc1. The Bertz CT molecular complexity index is 5470. The molecule has 0 radical (unpaired) electrons. The summed E-state index contributed by atoms with van der Waals surface area (Å²) in [7, 11) is 0. The van der Waals surface area contributed by atoms with Crippen molar-refractivity contribution in [2.75, 3.05) is 0 Å². The Morgan fingerprint density at radius 1 is 0.219 bits per heavy atom. The van der Waals surface area contributed by atoms with E-state index in [1.165, 1.54) is 0 Å². The fraction of sp³-hybridized carbons (Fsp3) is 0. The quantitative estimate of drug-likeness (QED) is 0.118. The Kier molecular flexibility index (Phi) is 14.1. The zero-order valence-corrected chi connectivity index (χ0v) is 51.5. The van der Waals surface area contributed by atoms with Crippen LogP contribution in [0.2, 0.25) is 0 Å². The van der Waals surface area contributed by atoms with E-state index in [1.807, 2.05) is 170 Å². The number of aromatic nitrogens is 8. The van der Waals surface area contributed by atoms with Crippen molar-refractivity contribution in [3.8, 4) is 136 Å². The van der Waals surface area contributed by atoms with E-state index >= 15 is 0 Å². The lowest BCUT2D eigenvalue weighted by Crippen LogP contribution is -2.05. The predicted molar refractivity (Wildman–Crippen MR) is 386 cm³/mol. The van der Waals surface area contributed by atoms with Crippen molar-refractivity contribution in [1.82, 2.24) is 39.0 Å². The van der Waals surface area contributed by atoms with Gasteiger partial charge in [0.2, 0.25) is 0 Å². The zero-order chi connectivity index (χ0) is 64.1. The van der Waals surface area contributed by atoms with E-state index in [0.29, 0.717) is 46.1 Å². The van der Waals surface area contributed by atoms with Crippen LogP contribution in [0.5, 0.6) is 0 Å². The number of hydrogen-bond donors (Lipinski definition) is 0. The van der Waals surface area contributed by atoms with Crippen molar-refractivity contribution < 1.29 is 0 Å².